The summed E-state index contributed by atoms with van der Waals surface area (Å²) in [7, 11) is 0. The molecule has 1 aromatic rings. The van der Waals surface area contributed by atoms with Gasteiger partial charge in [0.05, 0.1) is 12.1 Å². The number of aliphatic hydroxyl groups is 1. The van der Waals surface area contributed by atoms with Gasteiger partial charge < -0.3 is 5.11 Å². The first kappa shape index (κ1) is 11.5. The highest BCUT2D eigenvalue weighted by Crippen LogP contribution is 2.26. The Morgan fingerprint density at radius 3 is 2.71 bits per heavy atom. The molecule has 0 aliphatic carbocycles. The van der Waals surface area contributed by atoms with Gasteiger partial charge in [-0.15, -0.1) is 6.58 Å². The van der Waals surface area contributed by atoms with Crippen molar-refractivity contribution < 1.29 is 14.7 Å². The summed E-state index contributed by atoms with van der Waals surface area (Å²) in [4.78, 5) is 24.4. The van der Waals surface area contributed by atoms with E-state index in [-0.39, 0.29) is 12.3 Å². The molecule has 2 amide bonds. The number of hydrogen-bond acceptors (Lipinski definition) is 3. The topological polar surface area (TPSA) is 57.6 Å². The van der Waals surface area contributed by atoms with Gasteiger partial charge in [-0.1, -0.05) is 24.3 Å². The van der Waals surface area contributed by atoms with Crippen LogP contribution < -0.4 is 4.90 Å². The summed E-state index contributed by atoms with van der Waals surface area (Å²) in [5.74, 6) is -0.912. The van der Waals surface area contributed by atoms with Gasteiger partial charge in [-0.3, -0.25) is 9.59 Å². The number of aliphatic hydroxyl groups excluding tert-OH is 1. The molecule has 0 bridgehead atoms. The molecule has 0 spiro atoms. The number of rotatable bonds is 3. The molecule has 1 aromatic carbocycles. The summed E-state index contributed by atoms with van der Waals surface area (Å²) < 4.78 is 0. The molecule has 2 rings (SSSR count). The quantitative estimate of drug-likeness (QED) is 0.624. The molecular formula is C13H13NO3. The lowest BCUT2D eigenvalue weighted by molar-refractivity contribution is -0.124. The zero-order chi connectivity index (χ0) is 12.4. The molecule has 1 saturated heterocycles. The number of amides is 2. The number of nitrogens with zero attached hydrogens (tertiary/aromatic N) is 1. The van der Waals surface area contributed by atoms with Crippen molar-refractivity contribution in [2.75, 3.05) is 4.90 Å². The first-order valence-corrected chi connectivity index (χ1v) is 5.39. The van der Waals surface area contributed by atoms with E-state index >= 15 is 0 Å². The molecule has 1 unspecified atom stereocenters. The second-order valence-corrected chi connectivity index (χ2v) is 3.91. The fraction of sp³-hybridized carbons (Fsp3) is 0.231. The van der Waals surface area contributed by atoms with Gasteiger partial charge in [0.2, 0.25) is 5.91 Å². The average molecular weight is 231 g/mol. The molecule has 1 atom stereocenters. The van der Waals surface area contributed by atoms with Crippen molar-refractivity contribution in [2.24, 2.45) is 0 Å². The van der Waals surface area contributed by atoms with Crippen LogP contribution in [-0.2, 0) is 16.0 Å². The minimum Gasteiger partial charge on any atom is -0.383 e. The summed E-state index contributed by atoms with van der Waals surface area (Å²) in [6, 6.07) is 7.13. The van der Waals surface area contributed by atoms with Gasteiger partial charge in [-0.2, -0.15) is 0 Å². The molecule has 4 heteroatoms. The van der Waals surface area contributed by atoms with Gasteiger partial charge in [-0.25, -0.2) is 4.90 Å². The lowest BCUT2D eigenvalue weighted by Gasteiger charge is -2.17. The molecule has 1 N–H and O–H groups in total. The Balaban J connectivity index is 2.43. The van der Waals surface area contributed by atoms with Crippen LogP contribution in [0.25, 0.3) is 0 Å². The summed E-state index contributed by atoms with van der Waals surface area (Å²) in [5, 5.41) is 9.39. The molecule has 1 fully saturated rings. The van der Waals surface area contributed by atoms with Gasteiger partial charge >= 0.3 is 0 Å². The van der Waals surface area contributed by atoms with Crippen molar-refractivity contribution in [3.05, 3.63) is 42.5 Å². The maximum Gasteiger partial charge on any atom is 0.263 e. The molecule has 0 aromatic heterocycles. The summed E-state index contributed by atoms with van der Waals surface area (Å²) >= 11 is 0. The van der Waals surface area contributed by atoms with Crippen molar-refractivity contribution in [1.82, 2.24) is 0 Å². The largest absolute Gasteiger partial charge is 0.383 e. The van der Waals surface area contributed by atoms with Crippen molar-refractivity contribution >= 4 is 17.5 Å². The van der Waals surface area contributed by atoms with Gasteiger partial charge in [0, 0.05) is 0 Å². The van der Waals surface area contributed by atoms with Crippen LogP contribution in [0.1, 0.15) is 12.0 Å². The van der Waals surface area contributed by atoms with Crippen LogP contribution in [0.3, 0.4) is 0 Å². The Morgan fingerprint density at radius 1 is 1.41 bits per heavy atom. The maximum atomic E-state index is 11.7. The number of allylic oxidation sites excluding steroid dienone is 1. The molecule has 17 heavy (non-hydrogen) atoms. The van der Waals surface area contributed by atoms with Crippen LogP contribution in [0.15, 0.2) is 36.9 Å². The fourth-order valence-electron chi connectivity index (χ4n) is 1.93. The van der Waals surface area contributed by atoms with Crippen LogP contribution in [0, 0.1) is 0 Å². The molecule has 88 valence electrons. The zero-order valence-electron chi connectivity index (χ0n) is 9.30. The highest BCUT2D eigenvalue weighted by Gasteiger charge is 2.38. The molecule has 1 aliphatic rings. The smallest absolute Gasteiger partial charge is 0.263 e. The van der Waals surface area contributed by atoms with E-state index in [0.717, 1.165) is 10.5 Å². The molecular weight excluding hydrogens is 218 g/mol. The first-order chi connectivity index (χ1) is 8.15. The Hall–Kier alpha value is -1.94. The fourth-order valence-corrected chi connectivity index (χ4v) is 1.93. The molecule has 4 nitrogen and oxygen atoms in total. The number of para-hydroxylation sites is 1. The van der Waals surface area contributed by atoms with Gasteiger partial charge in [0.25, 0.3) is 5.91 Å². The Kier molecular flexibility index (Phi) is 3.06. The summed E-state index contributed by atoms with van der Waals surface area (Å²) in [5.41, 5.74) is 1.39. The van der Waals surface area contributed by atoms with E-state index in [0.29, 0.717) is 12.1 Å². The molecule has 1 heterocycles. The number of imide groups is 1. The van der Waals surface area contributed by atoms with E-state index < -0.39 is 12.0 Å². The van der Waals surface area contributed by atoms with Gasteiger partial charge in [-0.05, 0) is 18.1 Å². The van der Waals surface area contributed by atoms with E-state index in [2.05, 4.69) is 6.58 Å². The third-order valence-electron chi connectivity index (χ3n) is 2.72. The van der Waals surface area contributed by atoms with Crippen LogP contribution in [-0.4, -0.2) is 23.0 Å². The molecule has 0 saturated carbocycles. The SMILES string of the molecule is C=CCc1ccccc1N1C(=O)CC(O)C1=O. The second-order valence-electron chi connectivity index (χ2n) is 3.91. The third-order valence-corrected chi connectivity index (χ3v) is 2.72. The highest BCUT2D eigenvalue weighted by molar-refractivity contribution is 6.22. The lowest BCUT2D eigenvalue weighted by Crippen LogP contribution is -2.32. The first-order valence-electron chi connectivity index (χ1n) is 5.39. The zero-order valence-corrected chi connectivity index (χ0v) is 9.30. The number of hydrogen-bond donors (Lipinski definition) is 1. The number of benzene rings is 1. The van der Waals surface area contributed by atoms with E-state index in [9.17, 15) is 14.7 Å². The van der Waals surface area contributed by atoms with Crippen LogP contribution in [0.2, 0.25) is 0 Å². The van der Waals surface area contributed by atoms with E-state index in [1.807, 2.05) is 12.1 Å². The molecule has 1 aliphatic heterocycles. The van der Waals surface area contributed by atoms with E-state index in [1.165, 1.54) is 0 Å². The van der Waals surface area contributed by atoms with E-state index in [1.54, 1.807) is 18.2 Å². The van der Waals surface area contributed by atoms with Crippen molar-refractivity contribution in [1.29, 1.82) is 0 Å². The normalized spacial score (nSPS) is 19.8. The van der Waals surface area contributed by atoms with Crippen LogP contribution in [0.5, 0.6) is 0 Å². The number of anilines is 1. The van der Waals surface area contributed by atoms with Crippen molar-refractivity contribution in [3.8, 4) is 0 Å². The Labute approximate surface area is 99.2 Å². The minimum absolute atomic E-state index is 0.138. The van der Waals surface area contributed by atoms with Gasteiger partial charge in [0.1, 0.15) is 6.10 Å². The summed E-state index contributed by atoms with van der Waals surface area (Å²) in [6.07, 6.45) is 0.935. The number of carbonyl (C=O) groups is 2. The minimum atomic E-state index is -1.21. The second kappa shape index (κ2) is 4.51. The average Bonchev–Trinajstić information content (AvgIpc) is 2.55. The Morgan fingerprint density at radius 2 is 2.12 bits per heavy atom. The van der Waals surface area contributed by atoms with E-state index in [4.69, 9.17) is 0 Å². The monoisotopic (exact) mass is 231 g/mol. The predicted molar refractivity (Wildman–Crippen MR) is 63.5 cm³/mol. The van der Waals surface area contributed by atoms with Gasteiger partial charge in [0.15, 0.2) is 0 Å². The Bertz CT molecular complexity index is 481. The summed E-state index contributed by atoms with van der Waals surface area (Å²) in [6.45, 7) is 3.64. The highest BCUT2D eigenvalue weighted by atomic mass is 16.3. The third kappa shape index (κ3) is 1.99. The predicted octanol–water partition coefficient (Wildman–Crippen LogP) is 1.04. The van der Waals surface area contributed by atoms with Crippen molar-refractivity contribution in [3.63, 3.8) is 0 Å². The molecule has 0 radical (unpaired) electrons. The van der Waals surface area contributed by atoms with Crippen LogP contribution >= 0.6 is 0 Å². The van der Waals surface area contributed by atoms with Crippen LogP contribution in [0.4, 0.5) is 5.69 Å². The van der Waals surface area contributed by atoms with Crippen molar-refractivity contribution in [2.45, 2.75) is 18.9 Å². The lowest BCUT2D eigenvalue weighted by atomic mass is 10.1. The standard InChI is InChI=1S/C13H13NO3/c1-2-5-9-6-3-4-7-10(9)14-12(16)8-11(15)13(14)17/h2-4,6-7,11,15H,1,5,8H2. The number of carbonyl (C=O) groups excluding carboxylic acids is 2. The maximum absolute atomic E-state index is 11.7.